The Kier molecular flexibility index (Phi) is 5.37. The number of fused-ring (bicyclic) bond motifs is 2. The summed E-state index contributed by atoms with van der Waals surface area (Å²) in [5, 5.41) is 0. The number of hydrogen-bond acceptors (Lipinski definition) is 8. The van der Waals surface area contributed by atoms with Crippen LogP contribution in [-0.2, 0) is 28.0 Å². The maximum absolute atomic E-state index is 12.7. The third kappa shape index (κ3) is 4.03. The van der Waals surface area contributed by atoms with Crippen molar-refractivity contribution in [2.24, 2.45) is 0 Å². The Hall–Kier alpha value is -2.91. The normalized spacial score (nSPS) is 17.5. The summed E-state index contributed by atoms with van der Waals surface area (Å²) in [4.78, 5) is 34.0. The maximum atomic E-state index is 12.7. The molecule has 0 bridgehead atoms. The zero-order valence-corrected chi connectivity index (χ0v) is 18.0. The van der Waals surface area contributed by atoms with Gasteiger partial charge in [-0.05, 0) is 30.9 Å². The summed E-state index contributed by atoms with van der Waals surface area (Å²) >= 11 is 1.76. The molecule has 5 heterocycles. The zero-order chi connectivity index (χ0) is 21.3. The fraction of sp³-hybridized carbons (Fsp3) is 0.409. The van der Waals surface area contributed by atoms with Crippen molar-refractivity contribution in [3.8, 4) is 10.6 Å². The quantitative estimate of drug-likeness (QED) is 0.670. The second kappa shape index (κ2) is 8.32. The predicted octanol–water partition coefficient (Wildman–Crippen LogP) is 2.60. The molecule has 0 radical (unpaired) electrons. The summed E-state index contributed by atoms with van der Waals surface area (Å²) in [6.07, 6.45) is 11.9. The van der Waals surface area contributed by atoms with Gasteiger partial charge in [0, 0.05) is 49.4 Å². The van der Waals surface area contributed by atoms with E-state index in [4.69, 9.17) is 10.5 Å². The number of hydrogen-bond donors (Lipinski definition) is 1. The minimum Gasteiger partial charge on any atom is -0.382 e. The lowest BCUT2D eigenvalue weighted by Gasteiger charge is -2.44. The van der Waals surface area contributed by atoms with Crippen LogP contribution in [-0.4, -0.2) is 50.4 Å². The van der Waals surface area contributed by atoms with Crippen molar-refractivity contribution in [3.63, 3.8) is 0 Å². The number of anilines is 1. The molecular weight excluding hydrogens is 412 g/mol. The highest BCUT2D eigenvalue weighted by Gasteiger charge is 2.42. The molecule has 2 aliphatic rings. The number of piperidine rings is 1. The van der Waals surface area contributed by atoms with Gasteiger partial charge in [0.1, 0.15) is 5.82 Å². The molecule has 1 amide bonds. The van der Waals surface area contributed by atoms with Crippen LogP contribution < -0.4 is 5.73 Å². The number of nitrogen functional groups attached to an aromatic ring is 1. The van der Waals surface area contributed by atoms with Gasteiger partial charge in [-0.15, -0.1) is 11.3 Å². The van der Waals surface area contributed by atoms with Crippen LogP contribution in [0.15, 0.2) is 37.1 Å². The van der Waals surface area contributed by atoms with Crippen LogP contribution in [0, 0.1) is 0 Å². The molecule has 1 saturated heterocycles. The van der Waals surface area contributed by atoms with Gasteiger partial charge >= 0.3 is 0 Å². The fourth-order valence-corrected chi connectivity index (χ4v) is 5.58. The van der Waals surface area contributed by atoms with Crippen LogP contribution >= 0.6 is 11.3 Å². The number of amides is 1. The van der Waals surface area contributed by atoms with Gasteiger partial charge in [0.2, 0.25) is 5.91 Å². The molecule has 1 fully saturated rings. The van der Waals surface area contributed by atoms with E-state index in [0.29, 0.717) is 38.4 Å². The molecule has 0 unspecified atom stereocenters. The summed E-state index contributed by atoms with van der Waals surface area (Å²) in [7, 11) is 0. The van der Waals surface area contributed by atoms with E-state index in [2.05, 4.69) is 26.0 Å². The monoisotopic (exact) mass is 436 g/mol. The first kappa shape index (κ1) is 20.0. The van der Waals surface area contributed by atoms with Crippen molar-refractivity contribution >= 4 is 23.1 Å². The van der Waals surface area contributed by atoms with Gasteiger partial charge < -0.3 is 15.4 Å². The third-order valence-electron chi connectivity index (χ3n) is 6.07. The van der Waals surface area contributed by atoms with Crippen molar-refractivity contribution in [1.29, 1.82) is 0 Å². The minimum absolute atomic E-state index is 0.166. The summed E-state index contributed by atoms with van der Waals surface area (Å²) in [5.41, 5.74) is 8.30. The SMILES string of the molecule is Nc1cnc(-c2cc3c(s2)CCOC32CCN(C(=O)CCc3cnccn3)CC2)cn1. The highest BCUT2D eigenvalue weighted by atomic mass is 32.1. The number of aromatic nitrogens is 4. The smallest absolute Gasteiger partial charge is 0.222 e. The molecule has 0 aromatic carbocycles. The van der Waals surface area contributed by atoms with Crippen molar-refractivity contribution in [2.75, 3.05) is 25.4 Å². The Balaban J connectivity index is 1.27. The second-order valence-electron chi connectivity index (χ2n) is 7.94. The van der Waals surface area contributed by atoms with Crippen LogP contribution in [0.2, 0.25) is 0 Å². The van der Waals surface area contributed by atoms with E-state index in [9.17, 15) is 4.79 Å². The van der Waals surface area contributed by atoms with E-state index < -0.39 is 0 Å². The number of carbonyl (C=O) groups is 1. The van der Waals surface area contributed by atoms with Gasteiger partial charge in [-0.2, -0.15) is 0 Å². The van der Waals surface area contributed by atoms with Crippen molar-refractivity contribution in [1.82, 2.24) is 24.8 Å². The number of likely N-dealkylation sites (tertiary alicyclic amines) is 1. The second-order valence-corrected chi connectivity index (χ2v) is 9.08. The third-order valence-corrected chi connectivity index (χ3v) is 7.28. The minimum atomic E-state index is -0.314. The highest BCUT2D eigenvalue weighted by molar-refractivity contribution is 7.15. The Morgan fingerprint density at radius 3 is 2.77 bits per heavy atom. The number of thiophene rings is 1. The van der Waals surface area contributed by atoms with Crippen molar-refractivity contribution < 1.29 is 9.53 Å². The predicted molar refractivity (Wildman–Crippen MR) is 117 cm³/mol. The average Bonchev–Trinajstić information content (AvgIpc) is 3.25. The Morgan fingerprint density at radius 2 is 2.03 bits per heavy atom. The van der Waals surface area contributed by atoms with Crippen LogP contribution in [0.25, 0.3) is 10.6 Å². The average molecular weight is 437 g/mol. The van der Waals surface area contributed by atoms with Crippen LogP contribution in [0.3, 0.4) is 0 Å². The molecule has 9 heteroatoms. The lowest BCUT2D eigenvalue weighted by molar-refractivity contribution is -0.140. The molecule has 3 aromatic rings. The molecule has 2 aliphatic heterocycles. The first-order chi connectivity index (χ1) is 15.1. The molecule has 0 atom stereocenters. The molecule has 2 N–H and O–H groups in total. The summed E-state index contributed by atoms with van der Waals surface area (Å²) in [6, 6.07) is 2.20. The molecule has 3 aromatic heterocycles. The van der Waals surface area contributed by atoms with Gasteiger partial charge in [0.05, 0.1) is 40.9 Å². The summed E-state index contributed by atoms with van der Waals surface area (Å²) < 4.78 is 6.35. The van der Waals surface area contributed by atoms with E-state index in [1.54, 1.807) is 42.3 Å². The molecule has 5 rings (SSSR count). The molecule has 31 heavy (non-hydrogen) atoms. The number of nitrogens with zero attached hydrogens (tertiary/aromatic N) is 5. The number of aryl methyl sites for hydroxylation is 1. The van der Waals surface area contributed by atoms with Crippen LogP contribution in [0.5, 0.6) is 0 Å². The molecule has 1 spiro atoms. The summed E-state index contributed by atoms with van der Waals surface area (Å²) in [5.74, 6) is 0.584. The fourth-order valence-electron chi connectivity index (χ4n) is 4.39. The Labute approximate surface area is 184 Å². The van der Waals surface area contributed by atoms with Crippen LogP contribution in [0.4, 0.5) is 5.82 Å². The number of nitrogens with two attached hydrogens (primary N) is 1. The van der Waals surface area contributed by atoms with Gasteiger partial charge in [-0.3, -0.25) is 14.8 Å². The molecular formula is C22H24N6O2S. The molecule has 8 nitrogen and oxygen atoms in total. The zero-order valence-electron chi connectivity index (χ0n) is 17.2. The highest BCUT2D eigenvalue weighted by Crippen LogP contribution is 2.46. The van der Waals surface area contributed by atoms with Crippen molar-refractivity contribution in [2.45, 2.75) is 37.7 Å². The van der Waals surface area contributed by atoms with Gasteiger partial charge in [0.25, 0.3) is 0 Å². The molecule has 0 aliphatic carbocycles. The van der Waals surface area contributed by atoms with Gasteiger partial charge in [0.15, 0.2) is 0 Å². The largest absolute Gasteiger partial charge is 0.382 e. The topological polar surface area (TPSA) is 107 Å². The Morgan fingerprint density at radius 1 is 1.16 bits per heavy atom. The first-order valence-electron chi connectivity index (χ1n) is 10.5. The maximum Gasteiger partial charge on any atom is 0.222 e. The van der Waals surface area contributed by atoms with E-state index in [1.807, 2.05) is 4.90 Å². The van der Waals surface area contributed by atoms with E-state index in [-0.39, 0.29) is 11.5 Å². The van der Waals surface area contributed by atoms with E-state index in [0.717, 1.165) is 35.5 Å². The van der Waals surface area contributed by atoms with Crippen molar-refractivity contribution in [3.05, 3.63) is 53.2 Å². The lowest BCUT2D eigenvalue weighted by atomic mass is 9.82. The number of carbonyl (C=O) groups excluding carboxylic acids is 1. The van der Waals surface area contributed by atoms with E-state index in [1.165, 1.54) is 10.4 Å². The number of rotatable bonds is 4. The molecule has 160 valence electrons. The van der Waals surface area contributed by atoms with Crippen LogP contribution in [0.1, 0.15) is 35.4 Å². The van der Waals surface area contributed by atoms with Gasteiger partial charge in [-0.1, -0.05) is 0 Å². The molecule has 0 saturated carbocycles. The summed E-state index contributed by atoms with van der Waals surface area (Å²) in [6.45, 7) is 2.11. The standard InChI is InChI=1S/C22H24N6O2S/c23-20-14-26-17(13-27-20)19-11-16-18(31-19)3-10-30-22(16)4-8-28(9-5-22)21(29)2-1-15-12-24-6-7-25-15/h6-7,11-14H,1-5,8-10H2,(H2,23,27). The lowest BCUT2D eigenvalue weighted by Crippen LogP contribution is -2.48. The van der Waals surface area contributed by atoms with Gasteiger partial charge in [-0.25, -0.2) is 9.97 Å². The number of ether oxygens (including phenoxy) is 1. The Bertz CT molecular complexity index is 1060. The first-order valence-corrected chi connectivity index (χ1v) is 11.3. The van der Waals surface area contributed by atoms with E-state index >= 15 is 0 Å².